The van der Waals surface area contributed by atoms with E-state index in [0.29, 0.717) is 0 Å². The zero-order valence-electron chi connectivity index (χ0n) is 23.3. The molecule has 0 aliphatic carbocycles. The van der Waals surface area contributed by atoms with Crippen molar-refractivity contribution in [3.8, 4) is 5.75 Å². The molecule has 0 radical (unpaired) electrons. The van der Waals surface area contributed by atoms with Crippen molar-refractivity contribution in [3.63, 3.8) is 0 Å². The van der Waals surface area contributed by atoms with Crippen LogP contribution in [0.15, 0.2) is 42.5 Å². The molecule has 0 saturated carbocycles. The molecule has 2 heterocycles. The van der Waals surface area contributed by atoms with Crippen molar-refractivity contribution < 1.29 is 42.2 Å². The van der Waals surface area contributed by atoms with Gasteiger partial charge in [-0.3, -0.25) is 9.59 Å². The molecule has 7 nitrogen and oxygen atoms in total. The number of benzene rings is 2. The number of nitrogens with zero attached hydrogens (tertiary/aromatic N) is 2. The van der Waals surface area contributed by atoms with Crippen molar-refractivity contribution in [1.82, 2.24) is 9.80 Å². The highest BCUT2D eigenvalue weighted by atomic mass is 19.4. The molecule has 2 aliphatic heterocycles. The fourth-order valence-electron chi connectivity index (χ4n) is 6.65. The molecule has 2 aliphatic rings. The third-order valence-corrected chi connectivity index (χ3v) is 8.36. The molecule has 0 aromatic heterocycles. The number of piperidine rings is 1. The van der Waals surface area contributed by atoms with Gasteiger partial charge in [-0.2, -0.15) is 13.2 Å². The lowest BCUT2D eigenvalue weighted by Crippen LogP contribution is -2.63. The van der Waals surface area contributed by atoms with Gasteiger partial charge in [0.15, 0.2) is 5.78 Å². The first-order valence-corrected chi connectivity index (χ1v) is 13.5. The van der Waals surface area contributed by atoms with Crippen LogP contribution < -0.4 is 0 Å². The van der Waals surface area contributed by atoms with E-state index in [1.54, 1.807) is 20.8 Å². The van der Waals surface area contributed by atoms with Gasteiger partial charge >= 0.3 is 12.3 Å². The molecule has 2 amide bonds. The Kier molecular flexibility index (Phi) is 8.12. The lowest BCUT2D eigenvalue weighted by atomic mass is 9.61. The van der Waals surface area contributed by atoms with E-state index in [0.717, 1.165) is 9.80 Å². The smallest absolute Gasteiger partial charge is 0.408 e. The Morgan fingerprint density at radius 2 is 1.66 bits per heavy atom. The zero-order valence-corrected chi connectivity index (χ0v) is 23.3. The quantitative estimate of drug-likeness (QED) is 0.343. The zero-order chi connectivity index (χ0) is 30.4. The molecule has 0 spiro atoms. The van der Waals surface area contributed by atoms with Gasteiger partial charge in [-0.25, -0.2) is 9.18 Å². The fraction of sp³-hybridized carbons (Fsp3) is 0.500. The maximum atomic E-state index is 15.0. The Morgan fingerprint density at radius 3 is 2.24 bits per heavy atom. The second kappa shape index (κ2) is 11.0. The predicted octanol–water partition coefficient (Wildman–Crippen LogP) is 6.00. The Hall–Kier alpha value is -3.63. The number of Topliss-reactive ketones (excluding diaryl/α,β-unsaturated/α-hetero) is 1. The largest absolute Gasteiger partial charge is 0.508 e. The number of alkyl halides is 3. The van der Waals surface area contributed by atoms with E-state index in [1.165, 1.54) is 49.4 Å². The highest BCUT2D eigenvalue weighted by molar-refractivity contribution is 6.00. The SMILES string of the molecule is Cc1c(F)cccc1C1C(C(=O)N2CCCC2C(F)(F)F)CN(C(=O)O)C(C(C)(C)C)C1C(=O)c1cccc(O)c1. The highest BCUT2D eigenvalue weighted by Gasteiger charge is 2.57. The standard InChI is InChI=1S/C30H34F4N2O5/c1-16-19(10-6-11-21(16)31)23-20(27(39)35-13-7-12-22(35)30(32,33)34)15-36(28(40)41)26(29(2,3)4)24(23)25(38)17-8-5-9-18(37)14-17/h5-6,8-11,14,20,22-24,26,37H,7,12-13,15H2,1-4H3,(H,40,41). The number of amides is 2. The van der Waals surface area contributed by atoms with Gasteiger partial charge in [0.1, 0.15) is 17.6 Å². The third kappa shape index (κ3) is 5.76. The number of halogens is 4. The van der Waals surface area contributed by atoms with Gasteiger partial charge in [0, 0.05) is 24.6 Å². The lowest BCUT2D eigenvalue weighted by Gasteiger charge is -2.53. The van der Waals surface area contributed by atoms with Crippen molar-refractivity contribution in [2.45, 2.75) is 64.7 Å². The van der Waals surface area contributed by atoms with E-state index in [4.69, 9.17) is 0 Å². The Labute approximate surface area is 235 Å². The Morgan fingerprint density at radius 1 is 1.00 bits per heavy atom. The molecule has 0 bridgehead atoms. The van der Waals surface area contributed by atoms with Crippen LogP contribution in [-0.2, 0) is 4.79 Å². The Balaban J connectivity index is 1.98. The number of rotatable bonds is 4. The summed E-state index contributed by atoms with van der Waals surface area (Å²) in [6.07, 6.45) is -6.29. The van der Waals surface area contributed by atoms with E-state index in [2.05, 4.69) is 0 Å². The summed E-state index contributed by atoms with van der Waals surface area (Å²) in [4.78, 5) is 42.8. The molecule has 5 atom stereocenters. The molecule has 41 heavy (non-hydrogen) atoms. The first-order valence-electron chi connectivity index (χ1n) is 13.5. The number of hydrogen-bond donors (Lipinski definition) is 2. The van der Waals surface area contributed by atoms with Crippen LogP contribution in [0, 0.1) is 30.0 Å². The normalized spacial score (nSPS) is 25.3. The van der Waals surface area contributed by atoms with Gasteiger partial charge < -0.3 is 20.0 Å². The van der Waals surface area contributed by atoms with Crippen molar-refractivity contribution >= 4 is 17.8 Å². The average Bonchev–Trinajstić information content (AvgIpc) is 3.39. The number of aromatic hydroxyl groups is 1. The molecule has 11 heteroatoms. The number of carboxylic acid groups (broad SMARTS) is 1. The molecular formula is C30H34F4N2O5. The number of likely N-dealkylation sites (tertiary alicyclic amines) is 2. The molecule has 2 aromatic rings. The number of ketones is 1. The summed E-state index contributed by atoms with van der Waals surface area (Å²) in [6, 6.07) is 6.51. The summed E-state index contributed by atoms with van der Waals surface area (Å²) in [5, 5.41) is 20.4. The van der Waals surface area contributed by atoms with Crippen molar-refractivity contribution in [1.29, 1.82) is 0 Å². The first kappa shape index (κ1) is 30.3. The van der Waals surface area contributed by atoms with Crippen LogP contribution in [0.4, 0.5) is 22.4 Å². The Bertz CT molecular complexity index is 1340. The van der Waals surface area contributed by atoms with E-state index >= 15 is 0 Å². The van der Waals surface area contributed by atoms with Gasteiger partial charge in [-0.1, -0.05) is 45.0 Å². The second-order valence-corrected chi connectivity index (χ2v) is 12.0. The summed E-state index contributed by atoms with van der Waals surface area (Å²) in [6.45, 7) is 6.01. The minimum Gasteiger partial charge on any atom is -0.508 e. The van der Waals surface area contributed by atoms with Crippen LogP contribution in [0.25, 0.3) is 0 Å². The van der Waals surface area contributed by atoms with Gasteiger partial charge in [0.25, 0.3) is 0 Å². The van der Waals surface area contributed by atoms with Crippen LogP contribution in [-0.4, -0.2) is 69.1 Å². The van der Waals surface area contributed by atoms with E-state index in [9.17, 15) is 42.2 Å². The van der Waals surface area contributed by atoms with Crippen LogP contribution >= 0.6 is 0 Å². The van der Waals surface area contributed by atoms with Crippen molar-refractivity contribution in [3.05, 3.63) is 65.0 Å². The average molecular weight is 579 g/mol. The molecule has 222 valence electrons. The maximum absolute atomic E-state index is 15.0. The molecule has 5 unspecified atom stereocenters. The van der Waals surface area contributed by atoms with E-state index < -0.39 is 71.6 Å². The van der Waals surface area contributed by atoms with Crippen LogP contribution in [0.3, 0.4) is 0 Å². The van der Waals surface area contributed by atoms with Crippen molar-refractivity contribution in [2.75, 3.05) is 13.1 Å². The summed E-state index contributed by atoms with van der Waals surface area (Å²) < 4.78 is 56.8. The molecule has 2 aromatic carbocycles. The molecule has 2 saturated heterocycles. The van der Waals surface area contributed by atoms with Gasteiger partial charge in [-0.15, -0.1) is 0 Å². The van der Waals surface area contributed by atoms with Crippen LogP contribution in [0.5, 0.6) is 5.75 Å². The number of carbonyl (C=O) groups excluding carboxylic acids is 2. The molecular weight excluding hydrogens is 544 g/mol. The van der Waals surface area contributed by atoms with Gasteiger partial charge in [0.2, 0.25) is 5.91 Å². The lowest BCUT2D eigenvalue weighted by molar-refractivity contribution is -0.186. The van der Waals surface area contributed by atoms with E-state index in [-0.39, 0.29) is 41.8 Å². The summed E-state index contributed by atoms with van der Waals surface area (Å²) in [5.74, 6) is -6.22. The van der Waals surface area contributed by atoms with Gasteiger partial charge in [0.05, 0.1) is 17.9 Å². The second-order valence-electron chi connectivity index (χ2n) is 12.0. The molecule has 2 N–H and O–H groups in total. The van der Waals surface area contributed by atoms with Crippen molar-refractivity contribution in [2.24, 2.45) is 17.3 Å². The third-order valence-electron chi connectivity index (χ3n) is 8.36. The molecule has 4 rings (SSSR count). The maximum Gasteiger partial charge on any atom is 0.408 e. The summed E-state index contributed by atoms with van der Waals surface area (Å²) in [7, 11) is 0. The van der Waals surface area contributed by atoms with Crippen LogP contribution in [0.1, 0.15) is 61.0 Å². The predicted molar refractivity (Wildman–Crippen MR) is 142 cm³/mol. The van der Waals surface area contributed by atoms with Gasteiger partial charge in [-0.05, 0) is 54.5 Å². The minimum atomic E-state index is -4.69. The number of hydrogen-bond acceptors (Lipinski definition) is 4. The van der Waals surface area contributed by atoms with Crippen LogP contribution in [0.2, 0.25) is 0 Å². The number of phenolic OH excluding ortho intramolecular Hbond substituents is 1. The summed E-state index contributed by atoms with van der Waals surface area (Å²) >= 11 is 0. The summed E-state index contributed by atoms with van der Waals surface area (Å²) in [5.41, 5.74) is -0.472. The monoisotopic (exact) mass is 578 g/mol. The minimum absolute atomic E-state index is 0.0380. The topological polar surface area (TPSA) is 98.2 Å². The number of phenols is 1. The fourth-order valence-corrected chi connectivity index (χ4v) is 6.65. The number of carbonyl (C=O) groups is 3. The molecule has 2 fully saturated rings. The first-order chi connectivity index (χ1) is 19.0. The van der Waals surface area contributed by atoms with E-state index in [1.807, 2.05) is 0 Å². The highest BCUT2D eigenvalue weighted by Crippen LogP contribution is 2.50.